The summed E-state index contributed by atoms with van der Waals surface area (Å²) < 4.78 is 13.8. The maximum Gasteiger partial charge on any atom is 0.127 e. The predicted molar refractivity (Wildman–Crippen MR) is 86.0 cm³/mol. The van der Waals surface area contributed by atoms with E-state index in [1.165, 1.54) is 6.07 Å². The van der Waals surface area contributed by atoms with Gasteiger partial charge in [-0.05, 0) is 33.5 Å². The molecule has 0 bridgehead atoms. The molecule has 1 unspecified atom stereocenters. The Labute approximate surface area is 129 Å². The van der Waals surface area contributed by atoms with Gasteiger partial charge in [0, 0.05) is 30.1 Å². The molecule has 2 rings (SSSR count). The molecule has 0 aliphatic rings. The number of thiazole rings is 1. The van der Waals surface area contributed by atoms with Gasteiger partial charge in [-0.3, -0.25) is 0 Å². The minimum atomic E-state index is -0.144. The van der Waals surface area contributed by atoms with Gasteiger partial charge in [-0.2, -0.15) is 0 Å². The normalized spacial score (nSPS) is 12.8. The topological polar surface area (TPSA) is 28.2 Å². The number of hydrogen-bond donors (Lipinski definition) is 1. The second-order valence-corrected chi connectivity index (χ2v) is 6.31. The van der Waals surface area contributed by atoms with E-state index in [0.29, 0.717) is 0 Å². The van der Waals surface area contributed by atoms with Crippen LogP contribution >= 0.6 is 11.3 Å². The van der Waals surface area contributed by atoms with E-state index in [2.05, 4.69) is 27.6 Å². The van der Waals surface area contributed by atoms with Gasteiger partial charge in [-0.25, -0.2) is 9.37 Å². The Morgan fingerprint density at radius 3 is 2.76 bits per heavy atom. The van der Waals surface area contributed by atoms with Gasteiger partial charge in [0.2, 0.25) is 0 Å². The van der Waals surface area contributed by atoms with Crippen LogP contribution in [0, 0.1) is 12.7 Å². The van der Waals surface area contributed by atoms with E-state index in [9.17, 15) is 4.39 Å². The number of halogens is 1. The van der Waals surface area contributed by atoms with Crippen molar-refractivity contribution in [3.8, 4) is 0 Å². The van der Waals surface area contributed by atoms with Crippen molar-refractivity contribution in [1.82, 2.24) is 15.2 Å². The summed E-state index contributed by atoms with van der Waals surface area (Å²) in [5.74, 6) is -0.144. The van der Waals surface area contributed by atoms with Gasteiger partial charge in [-0.1, -0.05) is 18.2 Å². The van der Waals surface area contributed by atoms with Crippen LogP contribution in [0.2, 0.25) is 0 Å². The van der Waals surface area contributed by atoms with Crippen LogP contribution in [0.5, 0.6) is 0 Å². The van der Waals surface area contributed by atoms with Gasteiger partial charge in [0.15, 0.2) is 0 Å². The zero-order valence-corrected chi connectivity index (χ0v) is 13.6. The lowest BCUT2D eigenvalue weighted by atomic mass is 10.0. The number of aromatic nitrogens is 1. The number of aryl methyl sites for hydroxylation is 1. The highest BCUT2D eigenvalue weighted by Gasteiger charge is 2.14. The number of nitrogens with zero attached hydrogens (tertiary/aromatic N) is 2. The first kappa shape index (κ1) is 16.1. The summed E-state index contributed by atoms with van der Waals surface area (Å²) in [6, 6.07) is 7.00. The minimum Gasteiger partial charge on any atom is -0.313 e. The smallest absolute Gasteiger partial charge is 0.127 e. The standard InChI is InChI=1S/C16H22FN3S/c1-12-19-13(11-21-12)10-20(3)9-8-16(18-2)14-6-4-5-7-15(14)17/h4-7,11,16,18H,8-10H2,1-3H3. The lowest BCUT2D eigenvalue weighted by molar-refractivity contribution is 0.299. The molecule has 1 atom stereocenters. The van der Waals surface area contributed by atoms with Crippen molar-refractivity contribution in [3.05, 3.63) is 51.7 Å². The summed E-state index contributed by atoms with van der Waals surface area (Å²) in [5, 5.41) is 6.39. The molecule has 1 heterocycles. The molecule has 0 fully saturated rings. The van der Waals surface area contributed by atoms with E-state index >= 15 is 0 Å². The second kappa shape index (κ2) is 7.64. The highest BCUT2D eigenvalue weighted by atomic mass is 32.1. The van der Waals surface area contributed by atoms with Gasteiger partial charge in [0.05, 0.1) is 10.7 Å². The summed E-state index contributed by atoms with van der Waals surface area (Å²) in [5.41, 5.74) is 1.84. The molecule has 0 saturated heterocycles. The van der Waals surface area contributed by atoms with Crippen molar-refractivity contribution >= 4 is 11.3 Å². The summed E-state index contributed by atoms with van der Waals surface area (Å²) >= 11 is 1.67. The third-order valence-corrected chi connectivity index (χ3v) is 4.35. The molecule has 2 aromatic rings. The van der Waals surface area contributed by atoms with Crippen LogP contribution in [0.1, 0.15) is 28.7 Å². The lowest BCUT2D eigenvalue weighted by Crippen LogP contribution is -2.25. The molecular weight excluding hydrogens is 285 g/mol. The summed E-state index contributed by atoms with van der Waals surface area (Å²) in [7, 11) is 3.95. The number of rotatable bonds is 7. The average molecular weight is 307 g/mol. The van der Waals surface area contributed by atoms with Crippen molar-refractivity contribution in [2.45, 2.75) is 25.9 Å². The van der Waals surface area contributed by atoms with E-state index < -0.39 is 0 Å². The first-order chi connectivity index (χ1) is 10.1. The number of benzene rings is 1. The van der Waals surface area contributed by atoms with E-state index in [1.54, 1.807) is 17.4 Å². The third-order valence-electron chi connectivity index (χ3n) is 3.53. The maximum atomic E-state index is 13.8. The lowest BCUT2D eigenvalue weighted by Gasteiger charge is -2.21. The largest absolute Gasteiger partial charge is 0.313 e. The van der Waals surface area contributed by atoms with Gasteiger partial charge < -0.3 is 10.2 Å². The van der Waals surface area contributed by atoms with Crippen LogP contribution in [0.25, 0.3) is 0 Å². The molecule has 0 saturated carbocycles. The highest BCUT2D eigenvalue weighted by Crippen LogP contribution is 2.20. The quantitative estimate of drug-likeness (QED) is 0.850. The molecule has 114 valence electrons. The van der Waals surface area contributed by atoms with Crippen LogP contribution in [-0.4, -0.2) is 30.5 Å². The van der Waals surface area contributed by atoms with Crippen LogP contribution in [0.3, 0.4) is 0 Å². The van der Waals surface area contributed by atoms with E-state index in [1.807, 2.05) is 26.1 Å². The van der Waals surface area contributed by atoms with Crippen molar-refractivity contribution in [1.29, 1.82) is 0 Å². The van der Waals surface area contributed by atoms with E-state index in [-0.39, 0.29) is 11.9 Å². The molecule has 21 heavy (non-hydrogen) atoms. The van der Waals surface area contributed by atoms with Crippen molar-refractivity contribution < 1.29 is 4.39 Å². The molecule has 0 aliphatic carbocycles. The molecule has 0 spiro atoms. The van der Waals surface area contributed by atoms with Crippen LogP contribution in [0.15, 0.2) is 29.6 Å². The fourth-order valence-electron chi connectivity index (χ4n) is 2.40. The molecule has 3 nitrogen and oxygen atoms in total. The molecule has 1 aromatic carbocycles. The highest BCUT2D eigenvalue weighted by molar-refractivity contribution is 7.09. The Bertz CT molecular complexity index is 570. The molecule has 5 heteroatoms. The van der Waals surface area contributed by atoms with Gasteiger partial charge in [0.25, 0.3) is 0 Å². The van der Waals surface area contributed by atoms with Gasteiger partial charge in [0.1, 0.15) is 5.82 Å². The first-order valence-electron chi connectivity index (χ1n) is 7.11. The monoisotopic (exact) mass is 307 g/mol. The number of hydrogen-bond acceptors (Lipinski definition) is 4. The third kappa shape index (κ3) is 4.59. The fraction of sp³-hybridized carbons (Fsp3) is 0.438. The fourth-order valence-corrected chi connectivity index (χ4v) is 3.00. The second-order valence-electron chi connectivity index (χ2n) is 5.25. The molecule has 0 aliphatic heterocycles. The maximum absolute atomic E-state index is 13.8. The molecule has 1 N–H and O–H groups in total. The molecule has 0 radical (unpaired) electrons. The Hall–Kier alpha value is -1.30. The van der Waals surface area contributed by atoms with Gasteiger partial charge in [-0.15, -0.1) is 11.3 Å². The Morgan fingerprint density at radius 2 is 2.14 bits per heavy atom. The summed E-state index contributed by atoms with van der Waals surface area (Å²) in [6.45, 7) is 3.73. The summed E-state index contributed by atoms with van der Waals surface area (Å²) in [6.07, 6.45) is 0.858. The van der Waals surface area contributed by atoms with Crippen LogP contribution in [0.4, 0.5) is 4.39 Å². The predicted octanol–water partition coefficient (Wildman–Crippen LogP) is 3.37. The van der Waals surface area contributed by atoms with Gasteiger partial charge >= 0.3 is 0 Å². The van der Waals surface area contributed by atoms with Crippen molar-refractivity contribution in [2.75, 3.05) is 20.6 Å². The first-order valence-corrected chi connectivity index (χ1v) is 7.99. The van der Waals surface area contributed by atoms with E-state index in [0.717, 1.165) is 35.8 Å². The average Bonchev–Trinajstić information content (AvgIpc) is 2.86. The Kier molecular flexibility index (Phi) is 5.85. The van der Waals surface area contributed by atoms with Crippen LogP contribution in [-0.2, 0) is 6.54 Å². The Balaban J connectivity index is 1.89. The SMILES string of the molecule is CNC(CCN(C)Cc1csc(C)n1)c1ccccc1F. The molecule has 0 amide bonds. The zero-order chi connectivity index (χ0) is 15.2. The molecular formula is C16H22FN3S. The molecule has 1 aromatic heterocycles. The zero-order valence-electron chi connectivity index (χ0n) is 12.8. The summed E-state index contributed by atoms with van der Waals surface area (Å²) in [4.78, 5) is 6.69. The number of nitrogens with one attached hydrogen (secondary N) is 1. The Morgan fingerprint density at radius 1 is 1.38 bits per heavy atom. The van der Waals surface area contributed by atoms with Crippen molar-refractivity contribution in [2.24, 2.45) is 0 Å². The van der Waals surface area contributed by atoms with Crippen molar-refractivity contribution in [3.63, 3.8) is 0 Å². The minimum absolute atomic E-state index is 0.0332. The van der Waals surface area contributed by atoms with E-state index in [4.69, 9.17) is 0 Å². The van der Waals surface area contributed by atoms with Crippen LogP contribution < -0.4 is 5.32 Å².